The van der Waals surface area contributed by atoms with Crippen LogP contribution in [0.2, 0.25) is 0 Å². The van der Waals surface area contributed by atoms with Crippen LogP contribution in [-0.4, -0.2) is 55.4 Å². The first-order chi connectivity index (χ1) is 41.8. The Balaban J connectivity index is 0.00000114. The maximum absolute atomic E-state index is 12.2. The molecule has 0 bridgehead atoms. The third kappa shape index (κ3) is 40.1. The lowest BCUT2D eigenvalue weighted by Crippen LogP contribution is -2.28. The molecule has 2 heterocycles. The highest BCUT2D eigenvalue weighted by Gasteiger charge is 2.39. The molecule has 11 heteroatoms. The number of hydrogen-bond donors (Lipinski definition) is 1. The second kappa shape index (κ2) is 53.7. The zero-order valence-electron chi connectivity index (χ0n) is 55.3. The number of allylic oxidation sites excluding steroid dienone is 15. The molecular formula is C75H119NO10. The van der Waals surface area contributed by atoms with Crippen molar-refractivity contribution >= 4 is 35.6 Å². The molecule has 2 fully saturated rings. The number of rotatable bonds is 51. The first-order valence-corrected chi connectivity index (χ1v) is 34.0. The predicted molar refractivity (Wildman–Crippen MR) is 354 cm³/mol. The number of Topliss-reactive ketones (excluding diaryl/α,β-unsaturated/α-hetero) is 1. The maximum Gasteiger partial charge on any atom is 0.317 e. The van der Waals surface area contributed by atoms with E-state index < -0.39 is 5.97 Å². The van der Waals surface area contributed by atoms with Gasteiger partial charge in [-0.2, -0.15) is 0 Å². The van der Waals surface area contributed by atoms with E-state index >= 15 is 0 Å². The lowest BCUT2D eigenvalue weighted by molar-refractivity contribution is -0.155. The minimum atomic E-state index is -0.391. The number of unbranched alkanes of at least 4 members (excludes halogenated alkanes) is 18. The SMILES string of the molecule is C=C(CCCCCC/C=C/C(CCCCC)C1CC(=O)OC1=O)OC(CC)CN/C(=C\CC)CCCCCCC/C=C\C/C=C\C=C\C(CC)C(CC#CC)C(=O)OC.CCCCCC(/C=C/C=C\CCCCCCCC(C)=O)C1CC(=O)OC1=O. The Labute approximate surface area is 523 Å². The topological polar surface area (TPSA) is 151 Å². The highest BCUT2D eigenvalue weighted by molar-refractivity contribution is 5.95. The molecule has 0 aromatic carbocycles. The number of esters is 5. The number of ether oxygens (including phenoxy) is 4. The summed E-state index contributed by atoms with van der Waals surface area (Å²) in [5.74, 6) is 4.90. The molecule has 0 radical (unpaired) electrons. The molecule has 86 heavy (non-hydrogen) atoms. The van der Waals surface area contributed by atoms with Crippen molar-refractivity contribution in [3.8, 4) is 11.8 Å². The Morgan fingerprint density at radius 3 is 1.69 bits per heavy atom. The van der Waals surface area contributed by atoms with Gasteiger partial charge in [0.15, 0.2) is 0 Å². The molecule has 0 aromatic rings. The van der Waals surface area contributed by atoms with Gasteiger partial charge < -0.3 is 29.1 Å². The quantitative estimate of drug-likeness (QED) is 0.00906. The normalized spacial score (nSPS) is 17.3. The fraction of sp³-hybridized carbons (Fsp3) is 0.680. The van der Waals surface area contributed by atoms with Gasteiger partial charge in [0.1, 0.15) is 11.9 Å². The number of hydrogen-bond acceptors (Lipinski definition) is 11. The number of ketones is 1. The predicted octanol–water partition coefficient (Wildman–Crippen LogP) is 19.1. The molecule has 484 valence electrons. The summed E-state index contributed by atoms with van der Waals surface area (Å²) < 4.78 is 20.8. The summed E-state index contributed by atoms with van der Waals surface area (Å²) in [4.78, 5) is 70.1. The second-order valence-electron chi connectivity index (χ2n) is 23.6. The van der Waals surface area contributed by atoms with Gasteiger partial charge in [0.05, 0.1) is 50.0 Å². The summed E-state index contributed by atoms with van der Waals surface area (Å²) in [6, 6.07) is 0. The third-order valence-electron chi connectivity index (χ3n) is 16.2. The van der Waals surface area contributed by atoms with E-state index in [4.69, 9.17) is 18.9 Å². The number of carbonyl (C=O) groups excluding carboxylic acids is 6. The number of cyclic esters (lactones) is 4. The van der Waals surface area contributed by atoms with Crippen molar-refractivity contribution in [3.05, 3.63) is 97.0 Å². The summed E-state index contributed by atoms with van der Waals surface area (Å²) in [5.41, 5.74) is 1.34. The maximum atomic E-state index is 12.2. The molecule has 0 amide bonds. The Bertz CT molecular complexity index is 2170. The van der Waals surface area contributed by atoms with Crippen LogP contribution in [0.15, 0.2) is 97.0 Å². The molecule has 2 aliphatic heterocycles. The molecule has 2 aliphatic rings. The van der Waals surface area contributed by atoms with Crippen LogP contribution in [0.5, 0.6) is 0 Å². The lowest BCUT2D eigenvalue weighted by Gasteiger charge is -2.21. The average Bonchev–Trinajstić information content (AvgIpc) is 4.24. The van der Waals surface area contributed by atoms with Crippen molar-refractivity contribution in [1.82, 2.24) is 5.32 Å². The lowest BCUT2D eigenvalue weighted by atomic mass is 9.86. The van der Waals surface area contributed by atoms with Gasteiger partial charge in [0.25, 0.3) is 0 Å². The Hall–Kier alpha value is -5.50. The minimum absolute atomic E-state index is 0.0847. The summed E-state index contributed by atoms with van der Waals surface area (Å²) >= 11 is 0. The third-order valence-corrected chi connectivity index (χ3v) is 16.2. The fourth-order valence-electron chi connectivity index (χ4n) is 10.9. The molecular weight excluding hydrogens is 1070 g/mol. The molecule has 2 saturated heterocycles. The van der Waals surface area contributed by atoms with E-state index in [-0.39, 0.29) is 84.1 Å². The van der Waals surface area contributed by atoms with Crippen molar-refractivity contribution in [3.63, 3.8) is 0 Å². The largest absolute Gasteiger partial charge is 0.494 e. The van der Waals surface area contributed by atoms with Crippen molar-refractivity contribution < 1.29 is 47.7 Å². The van der Waals surface area contributed by atoms with Gasteiger partial charge in [-0.3, -0.25) is 24.0 Å². The van der Waals surface area contributed by atoms with Gasteiger partial charge in [-0.05, 0) is 134 Å². The van der Waals surface area contributed by atoms with Crippen LogP contribution in [0.25, 0.3) is 0 Å². The van der Waals surface area contributed by atoms with Crippen molar-refractivity contribution in [2.45, 2.75) is 279 Å². The van der Waals surface area contributed by atoms with Crippen LogP contribution in [0.1, 0.15) is 273 Å². The van der Waals surface area contributed by atoms with E-state index in [2.05, 4.69) is 119 Å². The van der Waals surface area contributed by atoms with Gasteiger partial charge in [0, 0.05) is 25.0 Å². The first kappa shape index (κ1) is 78.5. The van der Waals surface area contributed by atoms with Crippen molar-refractivity contribution in [2.75, 3.05) is 13.7 Å². The molecule has 7 atom stereocenters. The molecule has 11 nitrogen and oxygen atoms in total. The Morgan fingerprint density at radius 1 is 0.616 bits per heavy atom. The highest BCUT2D eigenvalue weighted by atomic mass is 16.6. The zero-order valence-corrected chi connectivity index (χ0v) is 55.3. The molecule has 0 aromatic heterocycles. The van der Waals surface area contributed by atoms with Crippen LogP contribution in [0.3, 0.4) is 0 Å². The smallest absolute Gasteiger partial charge is 0.317 e. The van der Waals surface area contributed by atoms with Crippen LogP contribution < -0.4 is 5.32 Å². The first-order valence-electron chi connectivity index (χ1n) is 34.0. The van der Waals surface area contributed by atoms with Crippen LogP contribution >= 0.6 is 0 Å². The summed E-state index contributed by atoms with van der Waals surface area (Å²) in [5, 5.41) is 3.69. The number of carbonyl (C=O) groups is 6. The molecule has 0 aliphatic carbocycles. The standard InChI is InChI=1S/C52H83NO6.C23H36O4/c1-8-13-29-37-45(49-41-50(54)59-52(49)56)38-32-27-24-23-25-30-35-43(6)58-47(12-5)42-53-46(34-10-3)39-33-28-22-20-18-16-15-17-19-21-26-31-36-44(11-4)48(40-14-9-2)51(55)57-7;1-3-4-12-16-20(21-18-22(25)27-23(21)26)17-14-11-9-7-5-6-8-10-13-15-19(2)24/h15,17,21,26,31-32,34,36,38,44-45,47-49,53H,6,8,10-13,16,18-20,22-25,27-30,33,35,37,39-42H2,1-5,7H3;9,11,14,17,20-21H,3-8,10,12-13,15-16,18H2,1-2H3/b17-15-,26-21-,36-31+,38-32+,46-34-;11-9-,17-14+. The fourth-order valence-corrected chi connectivity index (χ4v) is 10.9. The van der Waals surface area contributed by atoms with Gasteiger partial charge in [-0.25, -0.2) is 0 Å². The molecule has 1 N–H and O–H groups in total. The van der Waals surface area contributed by atoms with E-state index in [0.717, 1.165) is 166 Å². The highest BCUT2D eigenvalue weighted by Crippen LogP contribution is 2.32. The van der Waals surface area contributed by atoms with Crippen LogP contribution in [0, 0.1) is 47.3 Å². The number of methoxy groups -OCH3 is 1. The molecule has 2 rings (SSSR count). The monoisotopic (exact) mass is 1190 g/mol. The van der Waals surface area contributed by atoms with Gasteiger partial charge in [0.2, 0.25) is 0 Å². The van der Waals surface area contributed by atoms with Gasteiger partial charge in [-0.15, -0.1) is 11.8 Å². The van der Waals surface area contributed by atoms with E-state index in [1.807, 2.05) is 18.2 Å². The van der Waals surface area contributed by atoms with E-state index in [0.29, 0.717) is 12.8 Å². The molecule has 0 saturated carbocycles. The summed E-state index contributed by atoms with van der Waals surface area (Å²) in [6.07, 6.45) is 63.5. The zero-order chi connectivity index (χ0) is 63.3. The van der Waals surface area contributed by atoms with E-state index in [1.54, 1.807) is 13.8 Å². The summed E-state index contributed by atoms with van der Waals surface area (Å²) in [7, 11) is 1.45. The number of nitrogens with one attached hydrogen (secondary N) is 1. The van der Waals surface area contributed by atoms with Crippen molar-refractivity contribution in [1.29, 1.82) is 0 Å². The second-order valence-corrected chi connectivity index (χ2v) is 23.6. The van der Waals surface area contributed by atoms with Crippen LogP contribution in [0.4, 0.5) is 0 Å². The van der Waals surface area contributed by atoms with Crippen molar-refractivity contribution in [2.24, 2.45) is 35.5 Å². The average molecular weight is 1190 g/mol. The molecule has 7 unspecified atom stereocenters. The van der Waals surface area contributed by atoms with Gasteiger partial charge >= 0.3 is 29.8 Å². The van der Waals surface area contributed by atoms with Gasteiger partial charge in [-0.1, -0.05) is 210 Å². The summed E-state index contributed by atoms with van der Waals surface area (Å²) in [6.45, 7) is 19.3. The van der Waals surface area contributed by atoms with Crippen LogP contribution in [-0.2, 0) is 47.7 Å². The minimum Gasteiger partial charge on any atom is -0.494 e. The van der Waals surface area contributed by atoms with E-state index in [1.165, 1.54) is 57.8 Å². The van der Waals surface area contributed by atoms with E-state index in [9.17, 15) is 28.8 Å². The Kier molecular flexibility index (Phi) is 49.0. The Morgan fingerprint density at radius 2 is 1.15 bits per heavy atom. The molecule has 0 spiro atoms.